The van der Waals surface area contributed by atoms with Crippen molar-refractivity contribution in [3.63, 3.8) is 0 Å². The Hall–Kier alpha value is -2.39. The van der Waals surface area contributed by atoms with Gasteiger partial charge < -0.3 is 16.0 Å². The van der Waals surface area contributed by atoms with Crippen LogP contribution in [0, 0.1) is 17.8 Å². The molecule has 1 atom stereocenters. The molecular formula is C15H20N4O2. The minimum atomic E-state index is -0.300. The lowest BCUT2D eigenvalue weighted by Gasteiger charge is -2.20. The highest BCUT2D eigenvalue weighted by Gasteiger charge is 2.20. The standard InChI is InChI=1S/C15H20N4O2/c1-11(14(20)17-2)10-19(3)15(21)13-12(6-4-8-16)7-5-9-18-13/h5,7,9,11H,8,10,16H2,1-3H3,(H,17,20). The molecule has 0 aromatic carbocycles. The molecule has 6 heteroatoms. The van der Waals surface area contributed by atoms with Crippen LogP contribution in [0.2, 0.25) is 0 Å². The van der Waals surface area contributed by atoms with Gasteiger partial charge in [-0.05, 0) is 12.1 Å². The molecule has 6 nitrogen and oxygen atoms in total. The highest BCUT2D eigenvalue weighted by atomic mass is 16.2. The molecule has 0 aliphatic carbocycles. The van der Waals surface area contributed by atoms with Crippen molar-refractivity contribution in [1.29, 1.82) is 0 Å². The van der Waals surface area contributed by atoms with E-state index >= 15 is 0 Å². The fourth-order valence-corrected chi connectivity index (χ4v) is 1.83. The molecule has 0 saturated heterocycles. The zero-order valence-electron chi connectivity index (χ0n) is 12.5. The Bertz CT molecular complexity index is 575. The lowest BCUT2D eigenvalue weighted by atomic mass is 10.1. The van der Waals surface area contributed by atoms with Crippen molar-refractivity contribution < 1.29 is 9.59 Å². The Kier molecular flexibility index (Phi) is 6.37. The summed E-state index contributed by atoms with van der Waals surface area (Å²) < 4.78 is 0. The third kappa shape index (κ3) is 4.58. The summed E-state index contributed by atoms with van der Waals surface area (Å²) in [6.07, 6.45) is 1.54. The number of hydrogen-bond donors (Lipinski definition) is 2. The van der Waals surface area contributed by atoms with E-state index in [9.17, 15) is 9.59 Å². The molecule has 0 radical (unpaired) electrons. The Morgan fingerprint density at radius 2 is 2.24 bits per heavy atom. The smallest absolute Gasteiger partial charge is 0.273 e. The zero-order valence-corrected chi connectivity index (χ0v) is 12.5. The Morgan fingerprint density at radius 1 is 1.52 bits per heavy atom. The van der Waals surface area contributed by atoms with Crippen LogP contribution in [-0.4, -0.2) is 48.9 Å². The normalized spacial score (nSPS) is 11.0. The van der Waals surface area contributed by atoms with Crippen LogP contribution in [0.1, 0.15) is 23.0 Å². The number of nitrogens with zero attached hydrogens (tertiary/aromatic N) is 2. The van der Waals surface area contributed by atoms with Crippen LogP contribution in [0.3, 0.4) is 0 Å². The lowest BCUT2D eigenvalue weighted by Crippen LogP contribution is -2.37. The molecular weight excluding hydrogens is 268 g/mol. The first-order valence-corrected chi connectivity index (χ1v) is 6.62. The van der Waals surface area contributed by atoms with Crippen molar-refractivity contribution in [3.8, 4) is 11.8 Å². The van der Waals surface area contributed by atoms with Crippen LogP contribution in [0.25, 0.3) is 0 Å². The predicted octanol–water partition coefficient (Wildman–Crippen LogP) is -0.154. The summed E-state index contributed by atoms with van der Waals surface area (Å²) >= 11 is 0. The molecule has 0 aliphatic heterocycles. The maximum absolute atomic E-state index is 12.4. The summed E-state index contributed by atoms with van der Waals surface area (Å²) in [6, 6.07) is 3.43. The molecule has 1 unspecified atom stereocenters. The van der Waals surface area contributed by atoms with Gasteiger partial charge in [-0.2, -0.15) is 0 Å². The van der Waals surface area contributed by atoms with Gasteiger partial charge in [0.1, 0.15) is 5.69 Å². The second kappa shape index (κ2) is 8.02. The number of amides is 2. The molecule has 3 N–H and O–H groups in total. The van der Waals surface area contributed by atoms with E-state index in [2.05, 4.69) is 22.1 Å². The number of carbonyl (C=O) groups is 2. The highest BCUT2D eigenvalue weighted by molar-refractivity contribution is 5.95. The van der Waals surface area contributed by atoms with Gasteiger partial charge in [0.05, 0.1) is 18.0 Å². The van der Waals surface area contributed by atoms with Gasteiger partial charge in [-0.25, -0.2) is 4.98 Å². The molecule has 21 heavy (non-hydrogen) atoms. The van der Waals surface area contributed by atoms with Crippen LogP contribution in [0.4, 0.5) is 0 Å². The Labute approximate surface area is 124 Å². The zero-order chi connectivity index (χ0) is 15.8. The quantitative estimate of drug-likeness (QED) is 0.754. The summed E-state index contributed by atoms with van der Waals surface area (Å²) in [5.41, 5.74) is 6.15. The maximum atomic E-state index is 12.4. The first-order chi connectivity index (χ1) is 10.0. The van der Waals surface area contributed by atoms with E-state index < -0.39 is 0 Å². The SMILES string of the molecule is CNC(=O)C(C)CN(C)C(=O)c1ncccc1C#CCN. The molecule has 0 aliphatic rings. The second-order valence-corrected chi connectivity index (χ2v) is 4.61. The summed E-state index contributed by atoms with van der Waals surface area (Å²) in [4.78, 5) is 29.5. The van der Waals surface area contributed by atoms with Crippen molar-refractivity contribution in [2.45, 2.75) is 6.92 Å². The summed E-state index contributed by atoms with van der Waals surface area (Å²) in [5, 5.41) is 2.56. The average molecular weight is 288 g/mol. The first-order valence-electron chi connectivity index (χ1n) is 6.62. The van der Waals surface area contributed by atoms with Gasteiger partial charge >= 0.3 is 0 Å². The van der Waals surface area contributed by atoms with Gasteiger partial charge in [-0.3, -0.25) is 9.59 Å². The van der Waals surface area contributed by atoms with Gasteiger partial charge in [0.15, 0.2) is 0 Å². The monoisotopic (exact) mass is 288 g/mol. The first kappa shape index (κ1) is 16.7. The third-order valence-electron chi connectivity index (χ3n) is 2.92. The van der Waals surface area contributed by atoms with Crippen LogP contribution >= 0.6 is 0 Å². The van der Waals surface area contributed by atoms with E-state index in [0.29, 0.717) is 12.1 Å². The van der Waals surface area contributed by atoms with E-state index in [4.69, 9.17) is 5.73 Å². The topological polar surface area (TPSA) is 88.3 Å². The largest absolute Gasteiger partial charge is 0.359 e. The van der Waals surface area contributed by atoms with E-state index in [-0.39, 0.29) is 30.0 Å². The summed E-state index contributed by atoms with van der Waals surface area (Å²) in [5.74, 6) is 4.86. The third-order valence-corrected chi connectivity index (χ3v) is 2.92. The number of pyridine rings is 1. The maximum Gasteiger partial charge on any atom is 0.273 e. The van der Waals surface area contributed by atoms with Gasteiger partial charge in [0.25, 0.3) is 5.91 Å². The molecule has 2 amide bonds. The molecule has 0 saturated carbocycles. The van der Waals surface area contributed by atoms with Crippen molar-refractivity contribution in [2.24, 2.45) is 11.7 Å². The molecule has 1 rings (SSSR count). The molecule has 0 bridgehead atoms. The van der Waals surface area contributed by atoms with Crippen LogP contribution in [0.15, 0.2) is 18.3 Å². The number of aromatic nitrogens is 1. The number of carbonyl (C=O) groups excluding carboxylic acids is 2. The highest BCUT2D eigenvalue weighted by Crippen LogP contribution is 2.08. The molecule has 1 aromatic rings. The lowest BCUT2D eigenvalue weighted by molar-refractivity contribution is -0.124. The summed E-state index contributed by atoms with van der Waals surface area (Å²) in [7, 11) is 3.20. The van der Waals surface area contributed by atoms with Gasteiger partial charge in [-0.15, -0.1) is 0 Å². The van der Waals surface area contributed by atoms with Crippen LogP contribution < -0.4 is 11.1 Å². The van der Waals surface area contributed by atoms with Crippen molar-refractivity contribution in [1.82, 2.24) is 15.2 Å². The molecule has 1 heterocycles. The van der Waals surface area contributed by atoms with E-state index in [1.807, 2.05) is 0 Å². The van der Waals surface area contributed by atoms with E-state index in [1.54, 1.807) is 33.2 Å². The van der Waals surface area contributed by atoms with E-state index in [1.165, 1.54) is 11.1 Å². The summed E-state index contributed by atoms with van der Waals surface area (Å²) in [6.45, 7) is 2.28. The second-order valence-electron chi connectivity index (χ2n) is 4.61. The van der Waals surface area contributed by atoms with Crippen molar-refractivity contribution in [3.05, 3.63) is 29.6 Å². The van der Waals surface area contributed by atoms with Crippen LogP contribution in [0.5, 0.6) is 0 Å². The number of nitrogens with one attached hydrogen (secondary N) is 1. The average Bonchev–Trinajstić information content (AvgIpc) is 2.51. The molecule has 0 fully saturated rings. The number of hydrogen-bond acceptors (Lipinski definition) is 4. The molecule has 1 aromatic heterocycles. The Balaban J connectivity index is 2.90. The minimum absolute atomic E-state index is 0.112. The van der Waals surface area contributed by atoms with Crippen LogP contribution in [-0.2, 0) is 4.79 Å². The minimum Gasteiger partial charge on any atom is -0.359 e. The van der Waals surface area contributed by atoms with Gasteiger partial charge in [-0.1, -0.05) is 18.8 Å². The Morgan fingerprint density at radius 3 is 2.86 bits per heavy atom. The number of nitrogens with two attached hydrogens (primary N) is 1. The van der Waals surface area contributed by atoms with E-state index in [0.717, 1.165) is 0 Å². The predicted molar refractivity (Wildman–Crippen MR) is 80.4 cm³/mol. The molecule has 0 spiro atoms. The van der Waals surface area contributed by atoms with Crippen molar-refractivity contribution >= 4 is 11.8 Å². The fraction of sp³-hybridized carbons (Fsp3) is 0.400. The van der Waals surface area contributed by atoms with Gasteiger partial charge in [0.2, 0.25) is 5.91 Å². The molecule has 112 valence electrons. The fourth-order valence-electron chi connectivity index (χ4n) is 1.83. The van der Waals surface area contributed by atoms with Crippen molar-refractivity contribution in [2.75, 3.05) is 27.2 Å². The number of rotatable bonds is 4. The van der Waals surface area contributed by atoms with Gasteiger partial charge in [0, 0.05) is 26.8 Å².